The van der Waals surface area contributed by atoms with Crippen molar-refractivity contribution in [1.82, 2.24) is 0 Å². The van der Waals surface area contributed by atoms with Gasteiger partial charge in [0.1, 0.15) is 0 Å². The molecule has 2 N–H and O–H groups in total. The van der Waals surface area contributed by atoms with Crippen molar-refractivity contribution in [3.8, 4) is 11.5 Å². The van der Waals surface area contributed by atoms with Crippen molar-refractivity contribution < 1.29 is 23.8 Å². The average Bonchev–Trinajstić information content (AvgIpc) is 3.17. The van der Waals surface area contributed by atoms with Crippen molar-refractivity contribution in [2.24, 2.45) is 0 Å². The first-order valence-corrected chi connectivity index (χ1v) is 10.9. The molecule has 0 bridgehead atoms. The van der Waals surface area contributed by atoms with Gasteiger partial charge in [-0.2, -0.15) is 0 Å². The van der Waals surface area contributed by atoms with E-state index in [1.54, 1.807) is 33.3 Å². The Balaban J connectivity index is 1.76. The van der Waals surface area contributed by atoms with Gasteiger partial charge in [0.05, 0.1) is 44.2 Å². The molecule has 0 aromatic heterocycles. The number of rotatable bonds is 8. The molecule has 1 amide bonds. The number of carbonyl (C=O) groups is 2. The molecular weight excluding hydrogens is 432 g/mol. The highest BCUT2D eigenvalue weighted by molar-refractivity contribution is 6.37. The van der Waals surface area contributed by atoms with Gasteiger partial charge >= 0.3 is 5.97 Å². The fourth-order valence-corrected chi connectivity index (χ4v) is 3.86. The second-order valence-corrected chi connectivity index (χ2v) is 7.63. The minimum absolute atomic E-state index is 0.207. The second kappa shape index (κ2) is 10.1. The first-order valence-electron chi connectivity index (χ1n) is 10.9. The maximum Gasteiger partial charge on any atom is 0.310 e. The summed E-state index contributed by atoms with van der Waals surface area (Å²) < 4.78 is 15.9. The predicted molar refractivity (Wildman–Crippen MR) is 132 cm³/mol. The molecule has 0 atom stereocenters. The largest absolute Gasteiger partial charge is 0.493 e. The molecule has 0 radical (unpaired) electrons. The average molecular weight is 459 g/mol. The molecule has 3 aromatic rings. The lowest BCUT2D eigenvalue weighted by Crippen LogP contribution is -2.10. The Hall–Kier alpha value is -4.26. The Bertz CT molecular complexity index is 1230. The van der Waals surface area contributed by atoms with E-state index >= 15 is 0 Å². The zero-order chi connectivity index (χ0) is 24.1. The van der Waals surface area contributed by atoms with Gasteiger partial charge in [-0.15, -0.1) is 0 Å². The number of ether oxygens (including phenoxy) is 3. The monoisotopic (exact) mass is 458 g/mol. The third-order valence-electron chi connectivity index (χ3n) is 5.46. The number of hydrogen-bond donors (Lipinski definition) is 2. The van der Waals surface area contributed by atoms with Crippen molar-refractivity contribution in [2.45, 2.75) is 13.3 Å². The van der Waals surface area contributed by atoms with Crippen LogP contribution in [0.5, 0.6) is 11.5 Å². The van der Waals surface area contributed by atoms with Crippen LogP contribution in [0.4, 0.5) is 11.4 Å². The molecule has 1 aliphatic rings. The number of nitrogens with one attached hydrogen (secondary N) is 2. The van der Waals surface area contributed by atoms with Crippen LogP contribution in [0.15, 0.2) is 66.7 Å². The minimum Gasteiger partial charge on any atom is -0.493 e. The van der Waals surface area contributed by atoms with Crippen LogP contribution < -0.4 is 20.1 Å². The minimum atomic E-state index is -0.265. The normalized spacial score (nSPS) is 13.6. The molecule has 0 saturated carbocycles. The van der Waals surface area contributed by atoms with E-state index in [0.717, 1.165) is 16.8 Å². The number of esters is 1. The second-order valence-electron chi connectivity index (χ2n) is 7.63. The summed E-state index contributed by atoms with van der Waals surface area (Å²) in [4.78, 5) is 24.9. The molecule has 0 spiro atoms. The molecule has 7 heteroatoms. The van der Waals surface area contributed by atoms with E-state index < -0.39 is 0 Å². The SMILES string of the molecule is CCOC(=O)Cc1ccc(NC(=C2C(=O)Nc3cc(OC)c(OC)cc32)c2ccccc2)cc1. The molecule has 4 rings (SSSR count). The van der Waals surface area contributed by atoms with Crippen LogP contribution in [-0.2, 0) is 20.7 Å². The van der Waals surface area contributed by atoms with Crippen LogP contribution >= 0.6 is 0 Å². The van der Waals surface area contributed by atoms with Gasteiger partial charge in [-0.3, -0.25) is 9.59 Å². The van der Waals surface area contributed by atoms with Crippen LogP contribution in [0, 0.1) is 0 Å². The summed E-state index contributed by atoms with van der Waals surface area (Å²) in [5.74, 6) is 0.578. The van der Waals surface area contributed by atoms with E-state index in [1.807, 2.05) is 54.6 Å². The van der Waals surface area contributed by atoms with Gasteiger partial charge < -0.3 is 24.8 Å². The number of methoxy groups -OCH3 is 2. The number of benzene rings is 3. The highest BCUT2D eigenvalue weighted by Crippen LogP contribution is 2.43. The number of fused-ring (bicyclic) bond motifs is 1. The van der Waals surface area contributed by atoms with Gasteiger partial charge in [-0.25, -0.2) is 0 Å². The van der Waals surface area contributed by atoms with Crippen LogP contribution in [0.1, 0.15) is 23.6 Å². The molecule has 3 aromatic carbocycles. The van der Waals surface area contributed by atoms with Gasteiger partial charge in [-0.05, 0) is 36.2 Å². The highest BCUT2D eigenvalue weighted by Gasteiger charge is 2.30. The summed E-state index contributed by atoms with van der Waals surface area (Å²) in [6, 6.07) is 20.7. The summed E-state index contributed by atoms with van der Waals surface area (Å²) in [5.41, 5.74) is 5.00. The topological polar surface area (TPSA) is 85.9 Å². The van der Waals surface area contributed by atoms with E-state index in [0.29, 0.717) is 40.6 Å². The molecule has 0 aliphatic carbocycles. The Labute approximate surface area is 198 Å². The van der Waals surface area contributed by atoms with Gasteiger partial charge in [0.15, 0.2) is 11.5 Å². The summed E-state index contributed by atoms with van der Waals surface area (Å²) in [6.07, 6.45) is 0.207. The van der Waals surface area contributed by atoms with E-state index in [4.69, 9.17) is 14.2 Å². The van der Waals surface area contributed by atoms with Crippen molar-refractivity contribution in [1.29, 1.82) is 0 Å². The van der Waals surface area contributed by atoms with E-state index in [-0.39, 0.29) is 18.3 Å². The number of anilines is 2. The van der Waals surface area contributed by atoms with Gasteiger partial charge in [0, 0.05) is 17.3 Å². The Morgan fingerprint density at radius 3 is 2.26 bits per heavy atom. The Kier molecular flexibility index (Phi) is 6.82. The van der Waals surface area contributed by atoms with Gasteiger partial charge in [0.25, 0.3) is 5.91 Å². The molecule has 7 nitrogen and oxygen atoms in total. The van der Waals surface area contributed by atoms with E-state index in [9.17, 15) is 9.59 Å². The summed E-state index contributed by atoms with van der Waals surface area (Å²) in [6.45, 7) is 2.14. The van der Waals surface area contributed by atoms with Crippen molar-refractivity contribution >= 4 is 34.5 Å². The summed E-state index contributed by atoms with van der Waals surface area (Å²) >= 11 is 0. The smallest absolute Gasteiger partial charge is 0.310 e. The van der Waals surface area contributed by atoms with Crippen molar-refractivity contribution in [3.63, 3.8) is 0 Å². The van der Waals surface area contributed by atoms with Crippen molar-refractivity contribution in [2.75, 3.05) is 31.5 Å². The molecule has 1 aliphatic heterocycles. The van der Waals surface area contributed by atoms with Crippen LogP contribution in [-0.4, -0.2) is 32.7 Å². The van der Waals surface area contributed by atoms with Gasteiger partial charge in [0.2, 0.25) is 0 Å². The lowest BCUT2D eigenvalue weighted by Gasteiger charge is -2.16. The van der Waals surface area contributed by atoms with Gasteiger partial charge in [-0.1, -0.05) is 42.5 Å². The molecule has 34 heavy (non-hydrogen) atoms. The summed E-state index contributed by atoms with van der Waals surface area (Å²) in [5, 5.41) is 6.34. The first kappa shape index (κ1) is 22.9. The highest BCUT2D eigenvalue weighted by atomic mass is 16.5. The molecule has 0 fully saturated rings. The predicted octanol–water partition coefficient (Wildman–Crippen LogP) is 4.74. The molecular formula is C27H26N2O5. The molecule has 0 saturated heterocycles. The van der Waals surface area contributed by atoms with Crippen molar-refractivity contribution in [3.05, 3.63) is 83.4 Å². The maximum absolute atomic E-state index is 13.1. The first-order chi connectivity index (χ1) is 16.5. The quantitative estimate of drug-likeness (QED) is 0.375. The Morgan fingerprint density at radius 2 is 1.62 bits per heavy atom. The Morgan fingerprint density at radius 1 is 0.941 bits per heavy atom. The lowest BCUT2D eigenvalue weighted by molar-refractivity contribution is -0.142. The van der Waals surface area contributed by atoms with Crippen LogP contribution in [0.3, 0.4) is 0 Å². The molecule has 1 heterocycles. The zero-order valence-electron chi connectivity index (χ0n) is 19.3. The van der Waals surface area contributed by atoms with Crippen LogP contribution in [0.25, 0.3) is 11.3 Å². The zero-order valence-corrected chi connectivity index (χ0v) is 19.3. The lowest BCUT2D eigenvalue weighted by atomic mass is 9.99. The standard InChI is InChI=1S/C27H26N2O5/c1-4-34-24(30)14-17-10-12-19(13-11-17)28-26(18-8-6-5-7-9-18)25-20-15-22(32-2)23(33-3)16-21(20)29-27(25)31/h5-13,15-16,28H,4,14H2,1-3H3,(H,29,31). The fourth-order valence-electron chi connectivity index (χ4n) is 3.86. The maximum atomic E-state index is 13.1. The van der Waals surface area contributed by atoms with E-state index in [2.05, 4.69) is 10.6 Å². The summed E-state index contributed by atoms with van der Waals surface area (Å²) in [7, 11) is 3.12. The molecule has 174 valence electrons. The number of hydrogen-bond acceptors (Lipinski definition) is 6. The number of amides is 1. The van der Waals surface area contributed by atoms with E-state index in [1.165, 1.54) is 0 Å². The third-order valence-corrected chi connectivity index (χ3v) is 5.46. The number of carbonyl (C=O) groups excluding carboxylic acids is 2. The fraction of sp³-hybridized carbons (Fsp3) is 0.185. The van der Waals surface area contributed by atoms with Crippen LogP contribution in [0.2, 0.25) is 0 Å². The third kappa shape index (κ3) is 4.73. The molecule has 0 unspecified atom stereocenters.